The van der Waals surface area contributed by atoms with Crippen molar-refractivity contribution in [3.8, 4) is 0 Å². The monoisotopic (exact) mass is 277 g/mol. The molecule has 1 aromatic heterocycles. The van der Waals surface area contributed by atoms with Gasteiger partial charge in [0.2, 0.25) is 0 Å². The highest BCUT2D eigenvalue weighted by atomic mass is 32.2. The summed E-state index contributed by atoms with van der Waals surface area (Å²) in [5, 5.41) is 0.843. The van der Waals surface area contributed by atoms with Crippen molar-refractivity contribution in [2.75, 3.05) is 12.3 Å². The van der Waals surface area contributed by atoms with E-state index in [0.717, 1.165) is 10.1 Å². The summed E-state index contributed by atoms with van der Waals surface area (Å²) in [7, 11) is 1.92. The SMILES string of the molecule is CCOC(=O)c1ccc(Sc2nccn2C)c(N)c1. The quantitative estimate of drug-likeness (QED) is 0.686. The van der Waals surface area contributed by atoms with E-state index in [1.54, 1.807) is 31.3 Å². The zero-order valence-corrected chi connectivity index (χ0v) is 11.6. The van der Waals surface area contributed by atoms with Gasteiger partial charge in [0.25, 0.3) is 0 Å². The molecule has 0 unspecified atom stereocenters. The first kappa shape index (κ1) is 13.5. The van der Waals surface area contributed by atoms with Gasteiger partial charge in [0.15, 0.2) is 5.16 Å². The molecule has 1 aromatic carbocycles. The van der Waals surface area contributed by atoms with Crippen LogP contribution in [0.3, 0.4) is 0 Å². The number of nitrogens with zero attached hydrogens (tertiary/aromatic N) is 2. The second-order valence-corrected chi connectivity index (χ2v) is 4.90. The van der Waals surface area contributed by atoms with Crippen molar-refractivity contribution in [2.24, 2.45) is 7.05 Å². The van der Waals surface area contributed by atoms with E-state index in [9.17, 15) is 4.79 Å². The minimum atomic E-state index is -0.359. The van der Waals surface area contributed by atoms with Gasteiger partial charge in [-0.3, -0.25) is 0 Å². The van der Waals surface area contributed by atoms with Gasteiger partial charge in [0, 0.05) is 30.0 Å². The van der Waals surface area contributed by atoms with Gasteiger partial charge in [-0.2, -0.15) is 0 Å². The van der Waals surface area contributed by atoms with Crippen molar-refractivity contribution in [1.29, 1.82) is 0 Å². The maximum absolute atomic E-state index is 11.6. The summed E-state index contributed by atoms with van der Waals surface area (Å²) in [4.78, 5) is 16.7. The van der Waals surface area contributed by atoms with Crippen LogP contribution in [0.1, 0.15) is 17.3 Å². The van der Waals surface area contributed by atoms with Crippen molar-refractivity contribution in [1.82, 2.24) is 9.55 Å². The Hall–Kier alpha value is -1.95. The molecule has 0 spiro atoms. The highest BCUT2D eigenvalue weighted by molar-refractivity contribution is 7.99. The van der Waals surface area contributed by atoms with E-state index in [2.05, 4.69) is 4.98 Å². The number of ether oxygens (including phenoxy) is 1. The molecule has 19 heavy (non-hydrogen) atoms. The molecule has 0 amide bonds. The molecule has 0 bridgehead atoms. The third-order valence-electron chi connectivity index (χ3n) is 2.50. The fourth-order valence-electron chi connectivity index (χ4n) is 1.53. The number of esters is 1. The second kappa shape index (κ2) is 5.79. The molecule has 2 aromatic rings. The van der Waals surface area contributed by atoms with E-state index in [4.69, 9.17) is 10.5 Å². The topological polar surface area (TPSA) is 70.1 Å². The fourth-order valence-corrected chi connectivity index (χ4v) is 2.36. The van der Waals surface area contributed by atoms with Crippen LogP contribution in [-0.4, -0.2) is 22.1 Å². The number of aromatic nitrogens is 2. The molecule has 2 rings (SSSR count). The summed E-state index contributed by atoms with van der Waals surface area (Å²) in [6.45, 7) is 2.12. The van der Waals surface area contributed by atoms with Crippen LogP contribution in [0, 0.1) is 0 Å². The van der Waals surface area contributed by atoms with Crippen LogP contribution in [0.2, 0.25) is 0 Å². The maximum atomic E-state index is 11.6. The zero-order chi connectivity index (χ0) is 13.8. The number of anilines is 1. The standard InChI is InChI=1S/C13H15N3O2S/c1-3-18-12(17)9-4-5-11(10(14)8-9)19-13-15-6-7-16(13)2/h4-8H,3,14H2,1-2H3. The van der Waals surface area contributed by atoms with Crippen molar-refractivity contribution < 1.29 is 9.53 Å². The molecular weight excluding hydrogens is 262 g/mol. The lowest BCUT2D eigenvalue weighted by Crippen LogP contribution is -2.05. The van der Waals surface area contributed by atoms with Crippen LogP contribution in [0.4, 0.5) is 5.69 Å². The normalized spacial score (nSPS) is 10.4. The van der Waals surface area contributed by atoms with Crippen LogP contribution in [0.5, 0.6) is 0 Å². The Balaban J connectivity index is 2.20. The van der Waals surface area contributed by atoms with Gasteiger partial charge in [-0.1, -0.05) is 0 Å². The van der Waals surface area contributed by atoms with Crippen molar-refractivity contribution in [2.45, 2.75) is 17.0 Å². The van der Waals surface area contributed by atoms with Gasteiger partial charge in [-0.25, -0.2) is 9.78 Å². The smallest absolute Gasteiger partial charge is 0.338 e. The Morgan fingerprint density at radius 1 is 1.53 bits per heavy atom. The number of nitrogens with two attached hydrogens (primary N) is 1. The summed E-state index contributed by atoms with van der Waals surface area (Å²) in [6, 6.07) is 5.14. The fraction of sp³-hybridized carbons (Fsp3) is 0.231. The first-order valence-corrected chi connectivity index (χ1v) is 6.65. The third-order valence-corrected chi connectivity index (χ3v) is 3.67. The number of aryl methyl sites for hydroxylation is 1. The summed E-state index contributed by atoms with van der Waals surface area (Å²) in [5.74, 6) is -0.359. The summed E-state index contributed by atoms with van der Waals surface area (Å²) in [6.07, 6.45) is 3.59. The minimum absolute atomic E-state index is 0.350. The number of carbonyl (C=O) groups excluding carboxylic acids is 1. The van der Waals surface area contributed by atoms with E-state index in [-0.39, 0.29) is 5.97 Å². The highest BCUT2D eigenvalue weighted by Crippen LogP contribution is 2.31. The van der Waals surface area contributed by atoms with Gasteiger partial charge in [-0.15, -0.1) is 0 Å². The predicted molar refractivity (Wildman–Crippen MR) is 74.1 cm³/mol. The molecule has 0 saturated heterocycles. The van der Waals surface area contributed by atoms with Gasteiger partial charge in [0.05, 0.1) is 12.2 Å². The van der Waals surface area contributed by atoms with Crippen molar-refractivity contribution in [3.05, 3.63) is 36.2 Å². The van der Waals surface area contributed by atoms with Crippen LogP contribution < -0.4 is 5.73 Å². The number of benzene rings is 1. The Morgan fingerprint density at radius 3 is 2.89 bits per heavy atom. The summed E-state index contributed by atoms with van der Waals surface area (Å²) in [5.41, 5.74) is 6.96. The van der Waals surface area contributed by atoms with E-state index >= 15 is 0 Å². The van der Waals surface area contributed by atoms with E-state index in [1.807, 2.05) is 17.8 Å². The molecule has 0 atom stereocenters. The molecule has 1 heterocycles. The Labute approximate surface area is 115 Å². The van der Waals surface area contributed by atoms with Gasteiger partial charge >= 0.3 is 5.97 Å². The second-order valence-electron chi connectivity index (χ2n) is 3.90. The van der Waals surface area contributed by atoms with Crippen LogP contribution in [0.15, 0.2) is 40.6 Å². The van der Waals surface area contributed by atoms with Gasteiger partial charge < -0.3 is 15.0 Å². The molecule has 0 aliphatic rings. The molecule has 2 N–H and O–H groups in total. The predicted octanol–water partition coefficient (Wildman–Crippen LogP) is 2.33. The Kier molecular flexibility index (Phi) is 4.11. The van der Waals surface area contributed by atoms with Crippen LogP contribution in [0.25, 0.3) is 0 Å². The molecule has 100 valence electrons. The first-order valence-electron chi connectivity index (χ1n) is 5.83. The lowest BCUT2D eigenvalue weighted by atomic mass is 10.2. The number of nitrogen functional groups attached to an aromatic ring is 1. The van der Waals surface area contributed by atoms with Gasteiger partial charge in [-0.05, 0) is 36.9 Å². The van der Waals surface area contributed by atoms with Crippen LogP contribution in [-0.2, 0) is 11.8 Å². The number of hydrogen-bond acceptors (Lipinski definition) is 5. The first-order chi connectivity index (χ1) is 9.11. The molecule has 6 heteroatoms. The average Bonchev–Trinajstić information content (AvgIpc) is 2.78. The average molecular weight is 277 g/mol. The van der Waals surface area contributed by atoms with Crippen molar-refractivity contribution in [3.63, 3.8) is 0 Å². The molecular formula is C13H15N3O2S. The number of hydrogen-bond donors (Lipinski definition) is 1. The highest BCUT2D eigenvalue weighted by Gasteiger charge is 2.11. The lowest BCUT2D eigenvalue weighted by molar-refractivity contribution is 0.0526. The van der Waals surface area contributed by atoms with Crippen molar-refractivity contribution >= 4 is 23.4 Å². The van der Waals surface area contributed by atoms with E-state index in [0.29, 0.717) is 17.9 Å². The molecule has 0 saturated carbocycles. The summed E-state index contributed by atoms with van der Waals surface area (Å²) >= 11 is 1.46. The Morgan fingerprint density at radius 2 is 2.32 bits per heavy atom. The largest absolute Gasteiger partial charge is 0.462 e. The minimum Gasteiger partial charge on any atom is -0.462 e. The van der Waals surface area contributed by atoms with E-state index in [1.165, 1.54) is 11.8 Å². The number of rotatable bonds is 4. The molecule has 0 radical (unpaired) electrons. The maximum Gasteiger partial charge on any atom is 0.338 e. The molecule has 0 aliphatic carbocycles. The molecule has 0 aliphatic heterocycles. The number of imidazole rings is 1. The molecule has 0 fully saturated rings. The molecule has 5 nitrogen and oxygen atoms in total. The lowest BCUT2D eigenvalue weighted by Gasteiger charge is -2.07. The van der Waals surface area contributed by atoms with E-state index < -0.39 is 0 Å². The van der Waals surface area contributed by atoms with Crippen LogP contribution >= 0.6 is 11.8 Å². The number of carbonyl (C=O) groups is 1. The van der Waals surface area contributed by atoms with Gasteiger partial charge in [0.1, 0.15) is 0 Å². The summed E-state index contributed by atoms with van der Waals surface area (Å²) < 4.78 is 6.84. The zero-order valence-electron chi connectivity index (χ0n) is 10.8. The Bertz CT molecular complexity index is 595. The third kappa shape index (κ3) is 3.08.